The zero-order valence-electron chi connectivity index (χ0n) is 7.27. The Morgan fingerprint density at radius 2 is 2.21 bits per heavy atom. The number of carboxylic acids is 1. The van der Waals surface area contributed by atoms with Crippen molar-refractivity contribution in [2.24, 2.45) is 5.73 Å². The summed E-state index contributed by atoms with van der Waals surface area (Å²) in [6, 6.07) is 3.83. The first-order valence-corrected chi connectivity index (χ1v) is 4.76. The fraction of sp³-hybridized carbons (Fsp3) is 0.222. The number of phenols is 1. The van der Waals surface area contributed by atoms with Crippen molar-refractivity contribution in [1.29, 1.82) is 0 Å². The molecular weight excluding hydrogens is 250 g/mol. The van der Waals surface area contributed by atoms with Crippen molar-refractivity contribution < 1.29 is 15.0 Å². The summed E-state index contributed by atoms with van der Waals surface area (Å²) >= 11 is 3.22. The number of aromatic hydroxyl groups is 1. The zero-order valence-corrected chi connectivity index (χ0v) is 8.86. The highest BCUT2D eigenvalue weighted by Gasteiger charge is 2.14. The maximum atomic E-state index is 10.5. The number of carbonyl (C=O) groups is 1. The van der Waals surface area contributed by atoms with Gasteiger partial charge in [0.15, 0.2) is 0 Å². The molecule has 1 aromatic rings. The summed E-state index contributed by atoms with van der Waals surface area (Å²) in [6.07, 6.45) is 0.112. The smallest absolute Gasteiger partial charge is 0.320 e. The van der Waals surface area contributed by atoms with Gasteiger partial charge in [-0.1, -0.05) is 15.9 Å². The highest BCUT2D eigenvalue weighted by atomic mass is 79.9. The summed E-state index contributed by atoms with van der Waals surface area (Å²) in [6.45, 7) is 0. The number of hydrogen-bond donors (Lipinski definition) is 3. The number of carboxylic acid groups (broad SMARTS) is 1. The molecule has 0 spiro atoms. The summed E-state index contributed by atoms with van der Waals surface area (Å²) in [5.41, 5.74) is 5.86. The van der Waals surface area contributed by atoms with Crippen LogP contribution in [0.2, 0.25) is 0 Å². The standard InChI is InChI=1S/C9H10BrNO3/c10-6-1-2-8(12)5(3-6)4-7(11)9(13)14/h1-3,7,12H,4,11H2,(H,13,14)/t7-/m1/s1. The van der Waals surface area contributed by atoms with E-state index in [1.165, 1.54) is 6.07 Å². The molecule has 1 aromatic carbocycles. The van der Waals surface area contributed by atoms with E-state index >= 15 is 0 Å². The molecule has 14 heavy (non-hydrogen) atoms. The van der Waals surface area contributed by atoms with Gasteiger partial charge in [0.05, 0.1) is 0 Å². The van der Waals surface area contributed by atoms with Crippen molar-refractivity contribution in [3.8, 4) is 5.75 Å². The Balaban J connectivity index is 2.85. The molecule has 0 saturated carbocycles. The highest BCUT2D eigenvalue weighted by Crippen LogP contribution is 2.22. The molecule has 0 aliphatic heterocycles. The van der Waals surface area contributed by atoms with Gasteiger partial charge in [0.1, 0.15) is 11.8 Å². The predicted molar refractivity (Wildman–Crippen MR) is 55.1 cm³/mol. The van der Waals surface area contributed by atoms with E-state index in [9.17, 15) is 9.90 Å². The predicted octanol–water partition coefficient (Wildman–Crippen LogP) is 1.11. The fourth-order valence-corrected chi connectivity index (χ4v) is 1.45. The summed E-state index contributed by atoms with van der Waals surface area (Å²) in [7, 11) is 0. The van der Waals surface area contributed by atoms with Crippen LogP contribution >= 0.6 is 15.9 Å². The second kappa shape index (κ2) is 4.43. The van der Waals surface area contributed by atoms with E-state index < -0.39 is 12.0 Å². The molecule has 4 nitrogen and oxygen atoms in total. The van der Waals surface area contributed by atoms with Gasteiger partial charge < -0.3 is 15.9 Å². The second-order valence-corrected chi connectivity index (χ2v) is 3.84. The number of nitrogens with two attached hydrogens (primary N) is 1. The number of hydrogen-bond acceptors (Lipinski definition) is 3. The van der Waals surface area contributed by atoms with Crippen LogP contribution in [0.3, 0.4) is 0 Å². The van der Waals surface area contributed by atoms with Gasteiger partial charge in [-0.2, -0.15) is 0 Å². The Kier molecular flexibility index (Phi) is 3.49. The number of halogens is 1. The monoisotopic (exact) mass is 259 g/mol. The van der Waals surface area contributed by atoms with E-state index in [2.05, 4.69) is 15.9 Å². The fourth-order valence-electron chi connectivity index (χ4n) is 1.04. The molecule has 0 unspecified atom stereocenters. The van der Waals surface area contributed by atoms with Crippen LogP contribution in [-0.4, -0.2) is 22.2 Å². The summed E-state index contributed by atoms with van der Waals surface area (Å²) < 4.78 is 0.780. The van der Waals surface area contributed by atoms with Crippen LogP contribution in [0.25, 0.3) is 0 Å². The van der Waals surface area contributed by atoms with Crippen molar-refractivity contribution in [2.45, 2.75) is 12.5 Å². The molecule has 0 heterocycles. The van der Waals surface area contributed by atoms with Crippen molar-refractivity contribution in [3.63, 3.8) is 0 Å². The Hall–Kier alpha value is -1.07. The van der Waals surface area contributed by atoms with E-state index in [1.54, 1.807) is 12.1 Å². The molecule has 0 fully saturated rings. The topological polar surface area (TPSA) is 83.5 Å². The third-order valence-electron chi connectivity index (χ3n) is 1.80. The molecule has 0 aliphatic rings. The molecule has 0 aromatic heterocycles. The number of phenolic OH excluding ortho intramolecular Hbond substituents is 1. The Labute approximate surface area is 89.5 Å². The van der Waals surface area contributed by atoms with Crippen LogP contribution in [0, 0.1) is 0 Å². The Morgan fingerprint density at radius 3 is 2.79 bits per heavy atom. The molecule has 5 heteroatoms. The average Bonchev–Trinajstić information content (AvgIpc) is 2.11. The van der Waals surface area contributed by atoms with Crippen LogP contribution in [0.4, 0.5) is 0 Å². The van der Waals surface area contributed by atoms with Crippen molar-refractivity contribution in [2.75, 3.05) is 0 Å². The lowest BCUT2D eigenvalue weighted by molar-refractivity contribution is -0.138. The van der Waals surface area contributed by atoms with Gasteiger partial charge in [0.2, 0.25) is 0 Å². The summed E-state index contributed by atoms with van der Waals surface area (Å²) in [5.74, 6) is -1.02. The first kappa shape index (κ1) is 11.0. The van der Waals surface area contributed by atoms with Crippen LogP contribution in [0.5, 0.6) is 5.75 Å². The van der Waals surface area contributed by atoms with Gasteiger partial charge in [0, 0.05) is 10.9 Å². The lowest BCUT2D eigenvalue weighted by Crippen LogP contribution is -2.32. The van der Waals surface area contributed by atoms with Crippen molar-refractivity contribution in [3.05, 3.63) is 28.2 Å². The molecular formula is C9H10BrNO3. The third-order valence-corrected chi connectivity index (χ3v) is 2.29. The Bertz CT molecular complexity index is 354. The third kappa shape index (κ3) is 2.71. The quantitative estimate of drug-likeness (QED) is 0.760. The number of rotatable bonds is 3. The molecule has 76 valence electrons. The second-order valence-electron chi connectivity index (χ2n) is 2.92. The molecule has 0 amide bonds. The van der Waals surface area contributed by atoms with E-state index in [4.69, 9.17) is 10.8 Å². The first-order chi connectivity index (χ1) is 6.50. The first-order valence-electron chi connectivity index (χ1n) is 3.96. The molecule has 0 aliphatic carbocycles. The van der Waals surface area contributed by atoms with E-state index in [1.807, 2.05) is 0 Å². The lowest BCUT2D eigenvalue weighted by atomic mass is 10.1. The van der Waals surface area contributed by atoms with Gasteiger partial charge in [0.25, 0.3) is 0 Å². The van der Waals surface area contributed by atoms with Crippen LogP contribution in [0.15, 0.2) is 22.7 Å². The minimum absolute atomic E-state index is 0.0601. The maximum absolute atomic E-state index is 10.5. The minimum Gasteiger partial charge on any atom is -0.508 e. The van der Waals surface area contributed by atoms with Crippen LogP contribution < -0.4 is 5.73 Å². The molecule has 1 atom stereocenters. The minimum atomic E-state index is -1.08. The summed E-state index contributed by atoms with van der Waals surface area (Å²) in [4.78, 5) is 10.5. The largest absolute Gasteiger partial charge is 0.508 e. The van der Waals surface area contributed by atoms with Crippen LogP contribution in [0.1, 0.15) is 5.56 Å². The summed E-state index contributed by atoms with van der Waals surface area (Å²) in [5, 5.41) is 18.0. The van der Waals surface area contributed by atoms with Crippen molar-refractivity contribution >= 4 is 21.9 Å². The van der Waals surface area contributed by atoms with Gasteiger partial charge in [-0.15, -0.1) is 0 Å². The molecule has 1 rings (SSSR count). The van der Waals surface area contributed by atoms with Crippen molar-refractivity contribution in [1.82, 2.24) is 0 Å². The highest BCUT2D eigenvalue weighted by molar-refractivity contribution is 9.10. The maximum Gasteiger partial charge on any atom is 0.320 e. The van der Waals surface area contributed by atoms with E-state index in [0.717, 1.165) is 4.47 Å². The normalized spacial score (nSPS) is 12.4. The molecule has 0 radical (unpaired) electrons. The zero-order chi connectivity index (χ0) is 10.7. The van der Waals surface area contributed by atoms with Gasteiger partial charge >= 0.3 is 5.97 Å². The lowest BCUT2D eigenvalue weighted by Gasteiger charge is -2.08. The van der Waals surface area contributed by atoms with E-state index in [0.29, 0.717) is 5.56 Å². The van der Waals surface area contributed by atoms with Gasteiger partial charge in [-0.05, 0) is 23.8 Å². The molecule has 4 N–H and O–H groups in total. The van der Waals surface area contributed by atoms with Gasteiger partial charge in [-0.25, -0.2) is 0 Å². The SMILES string of the molecule is N[C@H](Cc1cc(Br)ccc1O)C(=O)O. The molecule has 0 saturated heterocycles. The number of benzene rings is 1. The van der Waals surface area contributed by atoms with Gasteiger partial charge in [-0.3, -0.25) is 4.79 Å². The molecule has 0 bridgehead atoms. The van der Waals surface area contributed by atoms with Crippen LogP contribution in [-0.2, 0) is 11.2 Å². The van der Waals surface area contributed by atoms with E-state index in [-0.39, 0.29) is 12.2 Å². The Morgan fingerprint density at radius 1 is 1.57 bits per heavy atom. The number of aliphatic carboxylic acids is 1. The average molecular weight is 260 g/mol.